The number of nitrogens with zero attached hydrogens (tertiary/aromatic N) is 3. The lowest BCUT2D eigenvalue weighted by Crippen LogP contribution is -2.34. The van der Waals surface area contributed by atoms with E-state index in [-0.39, 0.29) is 23.3 Å². The van der Waals surface area contributed by atoms with Crippen LogP contribution in [0.3, 0.4) is 0 Å². The second-order valence-electron chi connectivity index (χ2n) is 13.0. The van der Waals surface area contributed by atoms with E-state index in [1.807, 2.05) is 48.5 Å². The third-order valence-electron chi connectivity index (χ3n) is 9.57. The minimum atomic E-state index is -1.30. The summed E-state index contributed by atoms with van der Waals surface area (Å²) >= 11 is 4.29. The van der Waals surface area contributed by atoms with E-state index in [2.05, 4.69) is 73.3 Å². The average molecular weight is 768 g/mol. The number of rotatable bonds is 14. The van der Waals surface area contributed by atoms with Crippen LogP contribution in [0.2, 0.25) is 0 Å². The molecule has 6 aromatic rings. The van der Waals surface area contributed by atoms with E-state index in [0.717, 1.165) is 67.8 Å². The van der Waals surface area contributed by atoms with Crippen LogP contribution in [0.5, 0.6) is 0 Å². The predicted octanol–water partition coefficient (Wildman–Crippen LogP) is 12.1. The summed E-state index contributed by atoms with van der Waals surface area (Å²) in [6, 6.07) is 38.3. The number of amides is 2. The molecule has 1 N–H and O–H groups in total. The molecular weight excluding hydrogens is 731 g/mol. The molecule has 3 aromatic carbocycles. The van der Waals surface area contributed by atoms with E-state index in [0.29, 0.717) is 27.4 Å². The van der Waals surface area contributed by atoms with Crippen LogP contribution in [-0.4, -0.2) is 34.3 Å². The molecule has 3 aromatic heterocycles. The second-order valence-corrected chi connectivity index (χ2v) is 16.3. The lowest BCUT2D eigenvalue weighted by Gasteiger charge is -2.25. The molecule has 1 aliphatic rings. The van der Waals surface area contributed by atoms with Gasteiger partial charge in [0, 0.05) is 43.1 Å². The number of aliphatic carboxylic acids is 1. The third-order valence-corrected chi connectivity index (χ3v) is 13.3. The van der Waals surface area contributed by atoms with Crippen molar-refractivity contribution >= 4 is 74.9 Å². The van der Waals surface area contributed by atoms with Gasteiger partial charge in [-0.25, -0.2) is 4.79 Å². The van der Waals surface area contributed by atoms with Crippen molar-refractivity contribution in [1.82, 2.24) is 4.90 Å². The Morgan fingerprint density at radius 3 is 1.87 bits per heavy atom. The van der Waals surface area contributed by atoms with Gasteiger partial charge in [0.15, 0.2) is 0 Å². The van der Waals surface area contributed by atoms with Gasteiger partial charge in [0.05, 0.1) is 20.9 Å². The van der Waals surface area contributed by atoms with Gasteiger partial charge in [-0.1, -0.05) is 81.6 Å². The molecule has 2 amide bonds. The number of nitriles is 1. The predicted molar refractivity (Wildman–Crippen MR) is 221 cm³/mol. The summed E-state index contributed by atoms with van der Waals surface area (Å²) in [5.74, 6) is -1.64. The second kappa shape index (κ2) is 16.2. The molecule has 0 saturated heterocycles. The highest BCUT2D eigenvalue weighted by Gasteiger charge is 2.43. The number of carbonyl (C=O) groups is 3. The summed E-state index contributed by atoms with van der Waals surface area (Å²) in [4.78, 5) is 48.3. The number of hydrogen-bond acceptors (Lipinski definition) is 8. The first-order chi connectivity index (χ1) is 26.3. The lowest BCUT2D eigenvalue weighted by molar-refractivity contribution is -0.132. The molecule has 10 heteroatoms. The highest BCUT2D eigenvalue weighted by atomic mass is 32.1. The van der Waals surface area contributed by atoms with E-state index in [9.17, 15) is 24.8 Å². The topological polar surface area (TPSA) is 102 Å². The number of para-hydroxylation sites is 2. The number of carboxylic acid groups (broad SMARTS) is 1. The first kappa shape index (κ1) is 36.7. The molecule has 4 heterocycles. The minimum Gasteiger partial charge on any atom is -0.477 e. The van der Waals surface area contributed by atoms with Gasteiger partial charge in [-0.15, -0.1) is 34.0 Å². The number of carbonyl (C=O) groups excluding carboxylic acids is 2. The van der Waals surface area contributed by atoms with Crippen molar-refractivity contribution in [2.75, 3.05) is 11.4 Å². The van der Waals surface area contributed by atoms with E-state index < -0.39 is 5.97 Å². The number of hydrogen-bond donors (Lipinski definition) is 1. The number of anilines is 3. The molecule has 1 unspecified atom stereocenters. The highest BCUT2D eigenvalue weighted by Crippen LogP contribution is 2.50. The Morgan fingerprint density at radius 1 is 0.759 bits per heavy atom. The van der Waals surface area contributed by atoms with Crippen LogP contribution < -0.4 is 4.90 Å². The Balaban J connectivity index is 1.25. The Hall–Kier alpha value is -5.60. The maximum Gasteiger partial charge on any atom is 0.346 e. The highest BCUT2D eigenvalue weighted by molar-refractivity contribution is 7.28. The first-order valence-electron chi connectivity index (χ1n) is 17.9. The van der Waals surface area contributed by atoms with E-state index >= 15 is 0 Å². The number of thiophene rings is 3. The molecule has 0 spiro atoms. The molecule has 7 rings (SSSR count). The standard InChI is InChI=1S/C44H37N3O4S3/c1-3-5-12-28(4-2)27-46-42(48)38-39(43(46)49)41(54-40(38)36-22-21-34(52-36)25-30(26-45)44(50)51)37-24-23-35(53-37)29-17-19-33(20-18-29)47(31-13-8-6-9-14-31)32-15-10-7-11-16-32/h6-11,13-25,28H,3-5,12,27H2,1-2H3,(H,50,51)/b30-25+. The maximum atomic E-state index is 14.3. The fourth-order valence-electron chi connectivity index (χ4n) is 6.72. The zero-order valence-corrected chi connectivity index (χ0v) is 32.3. The number of imide groups is 1. The van der Waals surface area contributed by atoms with Crippen molar-refractivity contribution in [2.24, 2.45) is 5.92 Å². The summed E-state index contributed by atoms with van der Waals surface area (Å²) in [5, 5.41) is 18.7. The van der Waals surface area contributed by atoms with Crippen molar-refractivity contribution in [2.45, 2.75) is 39.5 Å². The van der Waals surface area contributed by atoms with Gasteiger partial charge in [0.25, 0.3) is 11.8 Å². The van der Waals surface area contributed by atoms with Gasteiger partial charge >= 0.3 is 5.97 Å². The van der Waals surface area contributed by atoms with Gasteiger partial charge in [-0.05, 0) is 84.6 Å². The summed E-state index contributed by atoms with van der Waals surface area (Å²) in [7, 11) is 0. The van der Waals surface area contributed by atoms with Crippen molar-refractivity contribution in [3.05, 3.63) is 131 Å². The summed E-state index contributed by atoms with van der Waals surface area (Å²) in [6.45, 7) is 4.62. The molecule has 1 aliphatic heterocycles. The molecule has 1 atom stereocenters. The Bertz CT molecular complexity index is 2340. The Morgan fingerprint density at radius 2 is 1.31 bits per heavy atom. The average Bonchev–Trinajstić information content (AvgIpc) is 4.00. The number of fused-ring (bicyclic) bond motifs is 1. The van der Waals surface area contributed by atoms with E-state index in [4.69, 9.17) is 0 Å². The van der Waals surface area contributed by atoms with Gasteiger partial charge < -0.3 is 10.0 Å². The van der Waals surface area contributed by atoms with Crippen LogP contribution in [-0.2, 0) is 4.79 Å². The van der Waals surface area contributed by atoms with Crippen molar-refractivity contribution < 1.29 is 19.5 Å². The monoisotopic (exact) mass is 767 g/mol. The molecular formula is C44H37N3O4S3. The molecule has 0 radical (unpaired) electrons. The Kier molecular flexibility index (Phi) is 11.0. The zero-order chi connectivity index (χ0) is 37.8. The molecule has 0 aliphatic carbocycles. The SMILES string of the molecule is CCCCC(CC)CN1C(=O)c2c(-c3ccc(/C=C(\C#N)C(=O)O)s3)sc(-c3ccc(-c4ccc(N(c5ccccc5)c5ccccc5)cc4)s3)c2C1=O. The van der Waals surface area contributed by atoms with Gasteiger partial charge in [-0.3, -0.25) is 14.5 Å². The fraction of sp³-hybridized carbons (Fsp3) is 0.182. The van der Waals surface area contributed by atoms with Crippen molar-refractivity contribution in [3.63, 3.8) is 0 Å². The molecule has 270 valence electrons. The summed E-state index contributed by atoms with van der Waals surface area (Å²) in [5.41, 5.74) is 4.65. The smallest absolute Gasteiger partial charge is 0.346 e. The third kappa shape index (κ3) is 7.31. The van der Waals surface area contributed by atoms with Crippen molar-refractivity contribution in [3.8, 4) is 36.0 Å². The van der Waals surface area contributed by atoms with Gasteiger partial charge in [0.1, 0.15) is 11.6 Å². The number of benzene rings is 3. The minimum absolute atomic E-state index is 0.215. The van der Waals surface area contributed by atoms with Gasteiger partial charge in [-0.2, -0.15) is 5.26 Å². The maximum absolute atomic E-state index is 14.3. The molecule has 0 saturated carbocycles. The van der Waals surface area contributed by atoms with E-state index in [1.165, 1.54) is 33.6 Å². The normalized spacial score (nSPS) is 13.2. The van der Waals surface area contributed by atoms with Gasteiger partial charge in [0.2, 0.25) is 0 Å². The zero-order valence-electron chi connectivity index (χ0n) is 29.8. The summed E-state index contributed by atoms with van der Waals surface area (Å²) < 4.78 is 0. The fourth-order valence-corrected chi connectivity index (χ4v) is 10.2. The van der Waals surface area contributed by atoms with Crippen LogP contribution in [0.1, 0.15) is 65.1 Å². The van der Waals surface area contributed by atoms with Crippen LogP contribution in [0.25, 0.3) is 36.0 Å². The summed E-state index contributed by atoms with van der Waals surface area (Å²) in [6.07, 6.45) is 5.24. The quantitative estimate of drug-likeness (QED) is 0.0673. The number of unbranched alkanes of at least 4 members (excludes halogenated alkanes) is 1. The number of carboxylic acids is 1. The van der Waals surface area contributed by atoms with Crippen LogP contribution in [0.15, 0.2) is 115 Å². The molecule has 7 nitrogen and oxygen atoms in total. The first-order valence-corrected chi connectivity index (χ1v) is 20.3. The molecule has 0 bridgehead atoms. The van der Waals surface area contributed by atoms with Crippen molar-refractivity contribution in [1.29, 1.82) is 5.26 Å². The molecule has 54 heavy (non-hydrogen) atoms. The van der Waals surface area contributed by atoms with Crippen LogP contribution in [0, 0.1) is 17.2 Å². The molecule has 0 fully saturated rings. The van der Waals surface area contributed by atoms with Crippen LogP contribution in [0.4, 0.5) is 17.1 Å². The largest absolute Gasteiger partial charge is 0.477 e. The lowest BCUT2D eigenvalue weighted by atomic mass is 9.99. The van der Waals surface area contributed by atoms with Crippen LogP contribution >= 0.6 is 34.0 Å². The Labute approximate surface area is 326 Å². The van der Waals surface area contributed by atoms with E-state index in [1.54, 1.807) is 23.5 Å².